The number of carbonyl (C=O) groups is 1. The number of amides is 1. The number of nitrogens with one attached hydrogen (secondary N) is 2. The quantitative estimate of drug-likeness (QED) is 0.899. The first-order valence-electron chi connectivity index (χ1n) is 6.21. The molecule has 0 saturated carbocycles. The highest BCUT2D eigenvalue weighted by Gasteiger charge is 2.36. The van der Waals surface area contributed by atoms with Crippen LogP contribution in [0, 0.1) is 0 Å². The minimum Gasteiger partial charge on any atom is -0.406 e. The molecule has 20 heavy (non-hydrogen) atoms. The first kappa shape index (κ1) is 14.6. The molecule has 0 spiro atoms. The number of alkyl halides is 3. The minimum absolute atomic E-state index is 0.265. The van der Waals surface area contributed by atoms with E-state index in [0.29, 0.717) is 6.42 Å². The van der Waals surface area contributed by atoms with Crippen LogP contribution < -0.4 is 15.4 Å². The topological polar surface area (TPSA) is 50.4 Å². The zero-order chi connectivity index (χ0) is 14.8. The molecule has 2 N–H and O–H groups in total. The Kier molecular flexibility index (Phi) is 3.89. The number of hydrogen-bond acceptors (Lipinski definition) is 3. The summed E-state index contributed by atoms with van der Waals surface area (Å²) in [6, 6.07) is 5.23. The lowest BCUT2D eigenvalue weighted by Gasteiger charge is -2.23. The predicted molar refractivity (Wildman–Crippen MR) is 67.4 cm³/mol. The summed E-state index contributed by atoms with van der Waals surface area (Å²) in [7, 11) is 0. The van der Waals surface area contributed by atoms with E-state index in [4.69, 9.17) is 0 Å². The molecule has 110 valence electrons. The molecule has 1 aliphatic heterocycles. The molecule has 1 unspecified atom stereocenters. The van der Waals surface area contributed by atoms with Crippen LogP contribution in [0.2, 0.25) is 0 Å². The van der Waals surface area contributed by atoms with Gasteiger partial charge in [0.25, 0.3) is 0 Å². The van der Waals surface area contributed by atoms with Crippen molar-refractivity contribution < 1.29 is 22.7 Å². The SMILES string of the molecule is CC1(C(=O)Nc2cccc(OC(F)(F)F)c2)CCCN1. The highest BCUT2D eigenvalue weighted by atomic mass is 19.4. The van der Waals surface area contributed by atoms with Crippen molar-refractivity contribution in [2.45, 2.75) is 31.7 Å². The van der Waals surface area contributed by atoms with Gasteiger partial charge in [0.1, 0.15) is 5.75 Å². The highest BCUT2D eigenvalue weighted by molar-refractivity contribution is 5.98. The third kappa shape index (κ3) is 3.63. The van der Waals surface area contributed by atoms with Crippen LogP contribution in [0.1, 0.15) is 19.8 Å². The van der Waals surface area contributed by atoms with Gasteiger partial charge in [-0.3, -0.25) is 4.79 Å². The van der Waals surface area contributed by atoms with E-state index >= 15 is 0 Å². The zero-order valence-corrected chi connectivity index (χ0v) is 10.9. The Morgan fingerprint density at radius 3 is 2.80 bits per heavy atom. The van der Waals surface area contributed by atoms with Crippen LogP contribution in [0.25, 0.3) is 0 Å². The van der Waals surface area contributed by atoms with Crippen LogP contribution in [0.5, 0.6) is 5.75 Å². The van der Waals surface area contributed by atoms with Crippen molar-refractivity contribution in [1.82, 2.24) is 5.32 Å². The maximum atomic E-state index is 12.1. The number of halogens is 3. The average Bonchev–Trinajstić information content (AvgIpc) is 2.76. The summed E-state index contributed by atoms with van der Waals surface area (Å²) in [5.41, 5.74) is -0.410. The molecule has 1 aromatic rings. The number of carbonyl (C=O) groups excluding carboxylic acids is 1. The summed E-state index contributed by atoms with van der Waals surface area (Å²) < 4.78 is 40.2. The van der Waals surface area contributed by atoms with Gasteiger partial charge < -0.3 is 15.4 Å². The summed E-state index contributed by atoms with van der Waals surface area (Å²) in [4.78, 5) is 12.1. The number of anilines is 1. The number of ether oxygens (including phenoxy) is 1. The molecule has 1 aliphatic rings. The smallest absolute Gasteiger partial charge is 0.406 e. The number of rotatable bonds is 3. The summed E-state index contributed by atoms with van der Waals surface area (Å²) in [5.74, 6) is -0.626. The molecule has 0 aliphatic carbocycles. The molecule has 1 heterocycles. The van der Waals surface area contributed by atoms with E-state index in [1.165, 1.54) is 18.2 Å². The van der Waals surface area contributed by atoms with Gasteiger partial charge in [0.2, 0.25) is 5.91 Å². The van der Waals surface area contributed by atoms with Gasteiger partial charge in [0.15, 0.2) is 0 Å². The molecule has 0 bridgehead atoms. The van der Waals surface area contributed by atoms with Crippen LogP contribution in [0.4, 0.5) is 18.9 Å². The lowest BCUT2D eigenvalue weighted by atomic mass is 9.99. The largest absolute Gasteiger partial charge is 0.573 e. The van der Waals surface area contributed by atoms with Crippen LogP contribution in [0.15, 0.2) is 24.3 Å². The van der Waals surface area contributed by atoms with Gasteiger partial charge in [-0.15, -0.1) is 13.2 Å². The Hall–Kier alpha value is -1.76. The average molecular weight is 288 g/mol. The van der Waals surface area contributed by atoms with E-state index in [1.54, 1.807) is 6.92 Å². The molecule has 0 radical (unpaired) electrons. The van der Waals surface area contributed by atoms with E-state index < -0.39 is 11.9 Å². The standard InChI is InChI=1S/C13H15F3N2O2/c1-12(6-3-7-17-12)11(19)18-9-4-2-5-10(8-9)20-13(14,15)16/h2,4-5,8,17H,3,6-7H2,1H3,(H,18,19). The maximum Gasteiger partial charge on any atom is 0.573 e. The van der Waals surface area contributed by atoms with Crippen molar-refractivity contribution in [3.05, 3.63) is 24.3 Å². The van der Waals surface area contributed by atoms with E-state index in [0.717, 1.165) is 19.0 Å². The molecule has 7 heteroatoms. The monoisotopic (exact) mass is 288 g/mol. The van der Waals surface area contributed by atoms with Gasteiger partial charge in [-0.05, 0) is 38.4 Å². The van der Waals surface area contributed by atoms with Crippen molar-refractivity contribution in [2.24, 2.45) is 0 Å². The molecule has 1 fully saturated rings. The van der Waals surface area contributed by atoms with E-state index in [-0.39, 0.29) is 17.3 Å². The Morgan fingerprint density at radius 1 is 1.45 bits per heavy atom. The second kappa shape index (κ2) is 5.32. The van der Waals surface area contributed by atoms with Gasteiger partial charge in [0.05, 0.1) is 5.54 Å². The third-order valence-electron chi connectivity index (χ3n) is 3.20. The van der Waals surface area contributed by atoms with Crippen molar-refractivity contribution >= 4 is 11.6 Å². The van der Waals surface area contributed by atoms with Crippen molar-refractivity contribution in [1.29, 1.82) is 0 Å². The molecule has 1 amide bonds. The van der Waals surface area contributed by atoms with Gasteiger partial charge in [-0.2, -0.15) is 0 Å². The van der Waals surface area contributed by atoms with Gasteiger partial charge in [0, 0.05) is 11.8 Å². The summed E-state index contributed by atoms with van der Waals surface area (Å²) in [6.07, 6.45) is -3.17. The first-order valence-corrected chi connectivity index (χ1v) is 6.21. The third-order valence-corrected chi connectivity index (χ3v) is 3.20. The molecular weight excluding hydrogens is 273 g/mol. The Morgan fingerprint density at radius 2 is 2.20 bits per heavy atom. The molecule has 1 saturated heterocycles. The molecule has 4 nitrogen and oxygen atoms in total. The van der Waals surface area contributed by atoms with Crippen LogP contribution in [-0.4, -0.2) is 24.4 Å². The van der Waals surface area contributed by atoms with E-state index in [2.05, 4.69) is 15.4 Å². The van der Waals surface area contributed by atoms with Crippen LogP contribution >= 0.6 is 0 Å². The lowest BCUT2D eigenvalue weighted by Crippen LogP contribution is -2.47. The fourth-order valence-electron chi connectivity index (χ4n) is 2.13. The molecule has 1 atom stereocenters. The maximum absolute atomic E-state index is 12.1. The van der Waals surface area contributed by atoms with Gasteiger partial charge in [-0.1, -0.05) is 6.07 Å². The first-order chi connectivity index (χ1) is 9.28. The van der Waals surface area contributed by atoms with Crippen molar-refractivity contribution in [3.8, 4) is 5.75 Å². The lowest BCUT2D eigenvalue weighted by molar-refractivity contribution is -0.274. The van der Waals surface area contributed by atoms with Gasteiger partial charge in [-0.25, -0.2) is 0 Å². The molecule has 1 aromatic carbocycles. The molecular formula is C13H15F3N2O2. The summed E-state index contributed by atoms with van der Waals surface area (Å²) >= 11 is 0. The molecule has 2 rings (SSSR count). The number of hydrogen-bond donors (Lipinski definition) is 2. The van der Waals surface area contributed by atoms with E-state index in [1.807, 2.05) is 0 Å². The van der Waals surface area contributed by atoms with Crippen LogP contribution in [-0.2, 0) is 4.79 Å². The number of benzene rings is 1. The Balaban J connectivity index is 2.06. The van der Waals surface area contributed by atoms with Crippen LogP contribution in [0.3, 0.4) is 0 Å². The Bertz CT molecular complexity index is 497. The second-order valence-electron chi connectivity index (χ2n) is 4.89. The Labute approximate surface area is 114 Å². The van der Waals surface area contributed by atoms with Crippen molar-refractivity contribution in [3.63, 3.8) is 0 Å². The summed E-state index contributed by atoms with van der Waals surface area (Å²) in [6.45, 7) is 2.52. The minimum atomic E-state index is -4.75. The second-order valence-corrected chi connectivity index (χ2v) is 4.89. The fraction of sp³-hybridized carbons (Fsp3) is 0.462. The highest BCUT2D eigenvalue weighted by Crippen LogP contribution is 2.26. The normalized spacial score (nSPS) is 22.6. The summed E-state index contributed by atoms with van der Waals surface area (Å²) in [5, 5.41) is 5.68. The zero-order valence-electron chi connectivity index (χ0n) is 10.9. The van der Waals surface area contributed by atoms with Gasteiger partial charge >= 0.3 is 6.36 Å². The van der Waals surface area contributed by atoms with E-state index in [9.17, 15) is 18.0 Å². The molecule has 0 aromatic heterocycles. The fourth-order valence-corrected chi connectivity index (χ4v) is 2.13. The van der Waals surface area contributed by atoms with Crippen molar-refractivity contribution in [2.75, 3.05) is 11.9 Å². The predicted octanol–water partition coefficient (Wildman–Crippen LogP) is 2.67.